The predicted octanol–water partition coefficient (Wildman–Crippen LogP) is 4.76. The van der Waals surface area contributed by atoms with Crippen molar-refractivity contribution in [3.8, 4) is 11.1 Å². The highest BCUT2D eigenvalue weighted by Crippen LogP contribution is 2.19. The zero-order valence-corrected chi connectivity index (χ0v) is 14.5. The summed E-state index contributed by atoms with van der Waals surface area (Å²) in [5, 5.41) is 12.3. The first kappa shape index (κ1) is 18.7. The summed E-state index contributed by atoms with van der Waals surface area (Å²) in [6, 6.07) is 25.8. The molecular formula is C21H20ClNO2. The minimum atomic E-state index is -0.895. The van der Waals surface area contributed by atoms with Crippen molar-refractivity contribution in [2.24, 2.45) is 0 Å². The van der Waals surface area contributed by atoms with E-state index < -0.39 is 5.97 Å². The Kier molecular flexibility index (Phi) is 6.75. The van der Waals surface area contributed by atoms with E-state index in [0.717, 1.165) is 12.1 Å². The summed E-state index contributed by atoms with van der Waals surface area (Å²) in [6.07, 6.45) is 0. The van der Waals surface area contributed by atoms with Gasteiger partial charge in [-0.3, -0.25) is 0 Å². The molecule has 128 valence electrons. The molecule has 0 radical (unpaired) electrons. The first-order chi connectivity index (χ1) is 11.7. The van der Waals surface area contributed by atoms with Crippen LogP contribution in [0.2, 0.25) is 0 Å². The van der Waals surface area contributed by atoms with E-state index in [1.807, 2.05) is 30.3 Å². The number of aromatic carboxylic acids is 1. The summed E-state index contributed by atoms with van der Waals surface area (Å²) in [5.41, 5.74) is 5.03. The van der Waals surface area contributed by atoms with Gasteiger partial charge in [-0.25, -0.2) is 4.79 Å². The fourth-order valence-electron chi connectivity index (χ4n) is 2.56. The average Bonchev–Trinajstić information content (AvgIpc) is 2.63. The lowest BCUT2D eigenvalue weighted by molar-refractivity contribution is 0.0697. The molecular weight excluding hydrogens is 334 g/mol. The maximum absolute atomic E-state index is 10.8. The Bertz CT molecular complexity index is 800. The number of hydrogen-bond donors (Lipinski definition) is 2. The van der Waals surface area contributed by atoms with Crippen LogP contribution in [0.15, 0.2) is 78.9 Å². The summed E-state index contributed by atoms with van der Waals surface area (Å²) < 4.78 is 0. The summed E-state index contributed by atoms with van der Waals surface area (Å²) in [7, 11) is 0. The highest BCUT2D eigenvalue weighted by atomic mass is 35.5. The van der Waals surface area contributed by atoms with Gasteiger partial charge in [0, 0.05) is 13.1 Å². The van der Waals surface area contributed by atoms with Crippen LogP contribution in [-0.2, 0) is 13.1 Å². The van der Waals surface area contributed by atoms with Gasteiger partial charge < -0.3 is 10.4 Å². The van der Waals surface area contributed by atoms with Crippen LogP contribution in [0, 0.1) is 0 Å². The maximum atomic E-state index is 10.8. The van der Waals surface area contributed by atoms with Gasteiger partial charge in [-0.2, -0.15) is 0 Å². The number of rotatable bonds is 6. The van der Waals surface area contributed by atoms with Crippen LogP contribution in [-0.4, -0.2) is 11.1 Å². The fraction of sp³-hybridized carbons (Fsp3) is 0.0952. The molecule has 0 unspecified atom stereocenters. The highest BCUT2D eigenvalue weighted by molar-refractivity contribution is 5.87. The number of carboxylic acids is 1. The van der Waals surface area contributed by atoms with Crippen molar-refractivity contribution in [2.75, 3.05) is 0 Å². The molecule has 3 rings (SSSR count). The van der Waals surface area contributed by atoms with Gasteiger partial charge in [-0.05, 0) is 34.4 Å². The van der Waals surface area contributed by atoms with E-state index >= 15 is 0 Å². The second-order valence-electron chi connectivity index (χ2n) is 5.67. The fourth-order valence-corrected chi connectivity index (χ4v) is 2.56. The van der Waals surface area contributed by atoms with Crippen molar-refractivity contribution in [1.29, 1.82) is 0 Å². The van der Waals surface area contributed by atoms with E-state index in [4.69, 9.17) is 5.11 Å². The van der Waals surface area contributed by atoms with Gasteiger partial charge in [-0.15, -0.1) is 12.4 Å². The van der Waals surface area contributed by atoms with E-state index in [1.54, 1.807) is 12.1 Å². The predicted molar refractivity (Wildman–Crippen MR) is 103 cm³/mol. The molecule has 0 heterocycles. The maximum Gasteiger partial charge on any atom is 0.335 e. The molecule has 4 heteroatoms. The molecule has 0 fully saturated rings. The van der Waals surface area contributed by atoms with Crippen molar-refractivity contribution in [3.63, 3.8) is 0 Å². The lowest BCUT2D eigenvalue weighted by atomic mass is 10.0. The van der Waals surface area contributed by atoms with Gasteiger partial charge in [-0.1, -0.05) is 66.7 Å². The number of hydrogen-bond acceptors (Lipinski definition) is 2. The van der Waals surface area contributed by atoms with Crippen molar-refractivity contribution in [3.05, 3.63) is 95.6 Å². The molecule has 2 N–H and O–H groups in total. The molecule has 3 aromatic rings. The monoisotopic (exact) mass is 353 g/mol. The first-order valence-corrected chi connectivity index (χ1v) is 7.90. The van der Waals surface area contributed by atoms with Crippen LogP contribution in [0.5, 0.6) is 0 Å². The number of nitrogens with one attached hydrogen (secondary N) is 1. The lowest BCUT2D eigenvalue weighted by Gasteiger charge is -2.07. The molecule has 3 aromatic carbocycles. The van der Waals surface area contributed by atoms with Crippen LogP contribution in [0.25, 0.3) is 11.1 Å². The van der Waals surface area contributed by atoms with E-state index in [9.17, 15) is 4.79 Å². The van der Waals surface area contributed by atoms with Crippen molar-refractivity contribution >= 4 is 18.4 Å². The van der Waals surface area contributed by atoms with Crippen LogP contribution in [0.4, 0.5) is 0 Å². The van der Waals surface area contributed by atoms with Gasteiger partial charge in [0.1, 0.15) is 0 Å². The van der Waals surface area contributed by atoms with Gasteiger partial charge in [0.15, 0.2) is 0 Å². The van der Waals surface area contributed by atoms with Gasteiger partial charge in [0.05, 0.1) is 5.56 Å². The van der Waals surface area contributed by atoms with Crippen molar-refractivity contribution in [1.82, 2.24) is 5.32 Å². The molecule has 25 heavy (non-hydrogen) atoms. The Morgan fingerprint density at radius 2 is 1.20 bits per heavy atom. The van der Waals surface area contributed by atoms with Crippen LogP contribution in [0.1, 0.15) is 21.5 Å². The zero-order chi connectivity index (χ0) is 16.8. The molecule has 3 nitrogen and oxygen atoms in total. The molecule has 0 spiro atoms. The summed E-state index contributed by atoms with van der Waals surface area (Å²) >= 11 is 0. The van der Waals surface area contributed by atoms with E-state index in [1.165, 1.54) is 16.7 Å². The molecule has 0 amide bonds. The first-order valence-electron chi connectivity index (χ1n) is 7.90. The standard InChI is InChI=1S/C21H19NO2.ClH/c23-21(24)20-12-8-17(9-13-20)15-22-14-16-6-10-19(11-7-16)18-4-2-1-3-5-18;/h1-13,22H,14-15H2,(H,23,24);1H. The van der Waals surface area contributed by atoms with Crippen LogP contribution >= 0.6 is 12.4 Å². The molecule has 0 aromatic heterocycles. The number of carbonyl (C=O) groups is 1. The molecule has 0 saturated carbocycles. The molecule has 0 aliphatic rings. The Morgan fingerprint density at radius 3 is 1.72 bits per heavy atom. The lowest BCUT2D eigenvalue weighted by Crippen LogP contribution is -2.12. The normalized spacial score (nSPS) is 10.1. The molecule has 0 aliphatic carbocycles. The summed E-state index contributed by atoms with van der Waals surface area (Å²) in [4.78, 5) is 10.8. The van der Waals surface area contributed by atoms with Crippen molar-refractivity contribution in [2.45, 2.75) is 13.1 Å². The number of halogens is 1. The Labute approximate surface area is 153 Å². The van der Waals surface area contributed by atoms with Crippen LogP contribution in [0.3, 0.4) is 0 Å². The molecule has 0 atom stereocenters. The van der Waals surface area contributed by atoms with Crippen molar-refractivity contribution < 1.29 is 9.90 Å². The highest BCUT2D eigenvalue weighted by Gasteiger charge is 2.02. The Balaban J connectivity index is 0.00000225. The van der Waals surface area contributed by atoms with Crippen LogP contribution < -0.4 is 5.32 Å². The van der Waals surface area contributed by atoms with Gasteiger partial charge in [0.25, 0.3) is 0 Å². The van der Waals surface area contributed by atoms with Gasteiger partial charge >= 0.3 is 5.97 Å². The zero-order valence-electron chi connectivity index (χ0n) is 13.7. The molecule has 0 saturated heterocycles. The minimum Gasteiger partial charge on any atom is -0.478 e. The third kappa shape index (κ3) is 5.18. The number of benzene rings is 3. The second-order valence-corrected chi connectivity index (χ2v) is 5.67. The van der Waals surface area contributed by atoms with Gasteiger partial charge in [0.2, 0.25) is 0 Å². The quantitative estimate of drug-likeness (QED) is 0.671. The third-order valence-corrected chi connectivity index (χ3v) is 3.92. The smallest absolute Gasteiger partial charge is 0.335 e. The largest absolute Gasteiger partial charge is 0.478 e. The Hall–Kier alpha value is -2.62. The topological polar surface area (TPSA) is 49.3 Å². The summed E-state index contributed by atoms with van der Waals surface area (Å²) in [5.74, 6) is -0.895. The summed E-state index contributed by atoms with van der Waals surface area (Å²) in [6.45, 7) is 1.48. The van der Waals surface area contributed by atoms with E-state index in [-0.39, 0.29) is 12.4 Å². The molecule has 0 aliphatic heterocycles. The number of carboxylic acid groups (broad SMARTS) is 1. The van der Waals surface area contributed by atoms with E-state index in [0.29, 0.717) is 12.1 Å². The van der Waals surface area contributed by atoms with E-state index in [2.05, 4.69) is 41.7 Å². The SMILES string of the molecule is Cl.O=C(O)c1ccc(CNCc2ccc(-c3ccccc3)cc2)cc1. The Morgan fingerprint density at radius 1 is 0.720 bits per heavy atom. The minimum absolute atomic E-state index is 0. The third-order valence-electron chi connectivity index (χ3n) is 3.92. The molecule has 0 bridgehead atoms. The average molecular weight is 354 g/mol. The second kappa shape index (κ2) is 9.02.